The van der Waals surface area contributed by atoms with E-state index in [1.165, 1.54) is 7.05 Å². The van der Waals surface area contributed by atoms with Crippen LogP contribution >= 0.6 is 0 Å². The predicted molar refractivity (Wildman–Crippen MR) is 102 cm³/mol. The molecule has 0 aromatic heterocycles. The average molecular weight is 397 g/mol. The summed E-state index contributed by atoms with van der Waals surface area (Å²) in [7, 11) is 1.34. The Labute approximate surface area is 166 Å². The highest BCUT2D eigenvalue weighted by atomic mass is 16.5. The molecule has 0 spiro atoms. The van der Waals surface area contributed by atoms with Gasteiger partial charge in [-0.3, -0.25) is 29.4 Å². The van der Waals surface area contributed by atoms with Crippen LogP contribution in [0.3, 0.4) is 0 Å². The fourth-order valence-electron chi connectivity index (χ4n) is 3.11. The van der Waals surface area contributed by atoms with Crippen molar-refractivity contribution in [1.82, 2.24) is 15.5 Å². The molecule has 0 radical (unpaired) electrons. The molecular weight excluding hydrogens is 378 g/mol. The number of rotatable bonds is 6. The molecule has 3 rings (SSSR count). The van der Waals surface area contributed by atoms with Gasteiger partial charge in [0.25, 0.3) is 17.7 Å². The molecule has 0 bridgehead atoms. The van der Waals surface area contributed by atoms with Gasteiger partial charge in [-0.2, -0.15) is 0 Å². The van der Waals surface area contributed by atoms with Crippen LogP contribution < -0.4 is 10.6 Å². The van der Waals surface area contributed by atoms with E-state index < -0.39 is 36.3 Å². The lowest BCUT2D eigenvalue weighted by molar-refractivity contribution is -0.148. The number of nitrogens with one attached hydrogen (secondary N) is 2. The molecule has 9 heteroatoms. The number of hydrogen-bond donors (Lipinski definition) is 2. The average Bonchev–Trinajstić information content (AvgIpc) is 2.72. The molecular formula is C20H19N3O6. The third-order valence-electron chi connectivity index (χ3n) is 4.46. The molecule has 0 saturated carbocycles. The van der Waals surface area contributed by atoms with Crippen molar-refractivity contribution in [3.8, 4) is 0 Å². The van der Waals surface area contributed by atoms with E-state index in [0.717, 1.165) is 10.3 Å². The van der Waals surface area contributed by atoms with Gasteiger partial charge in [0, 0.05) is 36.5 Å². The van der Waals surface area contributed by atoms with Crippen molar-refractivity contribution >= 4 is 40.5 Å². The maximum atomic E-state index is 12.7. The number of nitrogens with zero attached hydrogens (tertiary/aromatic N) is 1. The summed E-state index contributed by atoms with van der Waals surface area (Å²) in [4.78, 5) is 60.7. The molecule has 2 aromatic rings. The van der Waals surface area contributed by atoms with Crippen molar-refractivity contribution in [1.29, 1.82) is 0 Å². The second-order valence-corrected chi connectivity index (χ2v) is 6.36. The zero-order valence-corrected chi connectivity index (χ0v) is 15.7. The van der Waals surface area contributed by atoms with Crippen LogP contribution in [0.2, 0.25) is 0 Å². The number of urea groups is 1. The van der Waals surface area contributed by atoms with Crippen LogP contribution in [0, 0.1) is 0 Å². The SMILES string of the molecule is CNC(=O)NC(=O)COC(=O)CCCN1C(=O)c2cccc3cccc(c23)C1=O. The van der Waals surface area contributed by atoms with Gasteiger partial charge in [0.2, 0.25) is 0 Å². The Morgan fingerprint density at radius 3 is 2.21 bits per heavy atom. The van der Waals surface area contributed by atoms with Crippen molar-refractivity contribution in [3.63, 3.8) is 0 Å². The van der Waals surface area contributed by atoms with E-state index in [4.69, 9.17) is 4.74 Å². The maximum absolute atomic E-state index is 12.7. The molecule has 0 unspecified atom stereocenters. The Morgan fingerprint density at radius 1 is 1.00 bits per heavy atom. The summed E-state index contributed by atoms with van der Waals surface area (Å²) in [6.45, 7) is -0.550. The Bertz CT molecular complexity index is 966. The lowest BCUT2D eigenvalue weighted by Crippen LogP contribution is -2.41. The first-order valence-corrected chi connectivity index (χ1v) is 8.97. The topological polar surface area (TPSA) is 122 Å². The first-order chi connectivity index (χ1) is 13.9. The molecule has 2 N–H and O–H groups in total. The summed E-state index contributed by atoms with van der Waals surface area (Å²) in [6.07, 6.45) is 0.0989. The van der Waals surface area contributed by atoms with Gasteiger partial charge in [-0.05, 0) is 23.9 Å². The monoisotopic (exact) mass is 397 g/mol. The highest BCUT2D eigenvalue weighted by Gasteiger charge is 2.32. The number of hydrogen-bond acceptors (Lipinski definition) is 6. The van der Waals surface area contributed by atoms with Crippen LogP contribution in [0.4, 0.5) is 4.79 Å². The van der Waals surface area contributed by atoms with Crippen molar-refractivity contribution < 1.29 is 28.7 Å². The van der Waals surface area contributed by atoms with Gasteiger partial charge in [0.15, 0.2) is 6.61 Å². The summed E-state index contributed by atoms with van der Waals surface area (Å²) in [5.74, 6) is -2.24. The van der Waals surface area contributed by atoms with Crippen LogP contribution in [-0.2, 0) is 14.3 Å². The Morgan fingerprint density at radius 2 is 1.62 bits per heavy atom. The first-order valence-electron chi connectivity index (χ1n) is 8.97. The van der Waals surface area contributed by atoms with E-state index in [9.17, 15) is 24.0 Å². The summed E-state index contributed by atoms with van der Waals surface area (Å²) >= 11 is 0. The first kappa shape index (κ1) is 20.0. The summed E-state index contributed by atoms with van der Waals surface area (Å²) in [5.41, 5.74) is 0.900. The molecule has 1 aliphatic rings. The van der Waals surface area contributed by atoms with E-state index in [0.29, 0.717) is 16.5 Å². The minimum Gasteiger partial charge on any atom is -0.456 e. The van der Waals surface area contributed by atoms with E-state index >= 15 is 0 Å². The number of carbonyl (C=O) groups excluding carboxylic acids is 5. The van der Waals surface area contributed by atoms with Crippen LogP contribution in [0.5, 0.6) is 0 Å². The van der Waals surface area contributed by atoms with Gasteiger partial charge in [-0.25, -0.2) is 4.79 Å². The highest BCUT2D eigenvalue weighted by Crippen LogP contribution is 2.29. The number of ether oxygens (including phenoxy) is 1. The summed E-state index contributed by atoms with van der Waals surface area (Å²) in [5, 5.41) is 5.62. The summed E-state index contributed by atoms with van der Waals surface area (Å²) in [6, 6.07) is 9.84. The van der Waals surface area contributed by atoms with Crippen LogP contribution in [0.1, 0.15) is 33.6 Å². The van der Waals surface area contributed by atoms with Gasteiger partial charge in [0.05, 0.1) is 0 Å². The molecule has 1 aliphatic heterocycles. The molecule has 1 heterocycles. The van der Waals surface area contributed by atoms with E-state index in [1.807, 2.05) is 17.4 Å². The van der Waals surface area contributed by atoms with Crippen molar-refractivity contribution in [2.75, 3.05) is 20.2 Å². The molecule has 0 saturated heterocycles. The van der Waals surface area contributed by atoms with Gasteiger partial charge >= 0.3 is 12.0 Å². The van der Waals surface area contributed by atoms with E-state index in [-0.39, 0.29) is 19.4 Å². The second-order valence-electron chi connectivity index (χ2n) is 6.36. The lowest BCUT2D eigenvalue weighted by atomic mass is 9.94. The molecule has 5 amide bonds. The van der Waals surface area contributed by atoms with Crippen LogP contribution in [-0.4, -0.2) is 54.8 Å². The van der Waals surface area contributed by atoms with Crippen LogP contribution in [0.15, 0.2) is 36.4 Å². The highest BCUT2D eigenvalue weighted by molar-refractivity contribution is 6.25. The number of carbonyl (C=O) groups is 5. The maximum Gasteiger partial charge on any atom is 0.321 e. The number of benzene rings is 2. The number of imide groups is 2. The largest absolute Gasteiger partial charge is 0.456 e. The lowest BCUT2D eigenvalue weighted by Gasteiger charge is -2.27. The Kier molecular flexibility index (Phi) is 5.87. The summed E-state index contributed by atoms with van der Waals surface area (Å²) < 4.78 is 4.78. The van der Waals surface area contributed by atoms with Crippen LogP contribution in [0.25, 0.3) is 10.8 Å². The molecule has 0 fully saturated rings. The third-order valence-corrected chi connectivity index (χ3v) is 4.46. The Balaban J connectivity index is 1.56. The van der Waals surface area contributed by atoms with Gasteiger partial charge in [-0.15, -0.1) is 0 Å². The standard InChI is InChI=1S/C20H19N3O6/c1-21-20(28)22-15(24)11-29-16(25)9-4-10-23-18(26)13-7-2-5-12-6-3-8-14(17(12)13)19(23)27/h2-3,5-8H,4,9-11H2,1H3,(H2,21,22,24,28). The fourth-order valence-corrected chi connectivity index (χ4v) is 3.11. The zero-order valence-electron chi connectivity index (χ0n) is 15.7. The van der Waals surface area contributed by atoms with Gasteiger partial charge < -0.3 is 10.1 Å². The number of amides is 5. The quantitative estimate of drug-likeness (QED) is 0.558. The molecule has 0 atom stereocenters. The number of esters is 1. The third kappa shape index (κ3) is 4.23. The fraction of sp³-hybridized carbons (Fsp3) is 0.250. The van der Waals surface area contributed by atoms with Crippen molar-refractivity contribution in [2.24, 2.45) is 0 Å². The van der Waals surface area contributed by atoms with Gasteiger partial charge in [0.1, 0.15) is 0 Å². The minimum atomic E-state index is -0.760. The van der Waals surface area contributed by atoms with Crippen molar-refractivity contribution in [2.45, 2.75) is 12.8 Å². The molecule has 150 valence electrons. The smallest absolute Gasteiger partial charge is 0.321 e. The van der Waals surface area contributed by atoms with Crippen molar-refractivity contribution in [3.05, 3.63) is 47.5 Å². The normalized spacial score (nSPS) is 12.7. The van der Waals surface area contributed by atoms with E-state index in [1.54, 1.807) is 24.3 Å². The Hall–Kier alpha value is -3.75. The zero-order chi connectivity index (χ0) is 21.0. The molecule has 0 aliphatic carbocycles. The molecule has 29 heavy (non-hydrogen) atoms. The van der Waals surface area contributed by atoms with E-state index in [2.05, 4.69) is 5.32 Å². The van der Waals surface area contributed by atoms with Gasteiger partial charge in [-0.1, -0.05) is 24.3 Å². The predicted octanol–water partition coefficient (Wildman–Crippen LogP) is 1.21. The second kappa shape index (κ2) is 8.51. The minimum absolute atomic E-state index is 0.0436. The molecule has 9 nitrogen and oxygen atoms in total. The molecule has 2 aromatic carbocycles.